The molecule has 0 spiro atoms. The van der Waals surface area contributed by atoms with Crippen LogP contribution in [0.4, 0.5) is 31.0 Å². The molecule has 1 atom stereocenters. The van der Waals surface area contributed by atoms with Gasteiger partial charge in [-0.05, 0) is 16.5 Å². The molecule has 0 saturated carbocycles. The van der Waals surface area contributed by atoms with Gasteiger partial charge in [0.25, 0.3) is 0 Å². The van der Waals surface area contributed by atoms with Gasteiger partial charge in [0, 0.05) is 6.92 Å². The van der Waals surface area contributed by atoms with Crippen molar-refractivity contribution in [3.8, 4) is 0 Å². The molecule has 30 heavy (non-hydrogen) atoms. The third-order valence-corrected chi connectivity index (χ3v) is 4.25. The maximum atomic E-state index is 13.7. The van der Waals surface area contributed by atoms with Gasteiger partial charge in [0.05, 0.1) is 0 Å². The van der Waals surface area contributed by atoms with Gasteiger partial charge < -0.3 is 25.9 Å². The van der Waals surface area contributed by atoms with E-state index in [0.29, 0.717) is 5.82 Å². The monoisotopic (exact) mass is 488 g/mol. The second-order valence-electron chi connectivity index (χ2n) is 5.51. The quantitative estimate of drug-likeness (QED) is 0.166. The highest BCUT2D eigenvalue weighted by molar-refractivity contribution is 6.37. The van der Waals surface area contributed by atoms with Crippen LogP contribution in [0.5, 0.6) is 0 Å². The number of aromatic nitrogens is 4. The highest BCUT2D eigenvalue weighted by Gasteiger charge is 2.40. The van der Waals surface area contributed by atoms with Gasteiger partial charge in [-0.3, -0.25) is 5.32 Å². The average Bonchev–Trinajstić information content (AvgIpc) is 2.97. The SMILES string of the molecule is Cc1ncc([N+](=O)[O-])n1CCOC(=O)NC(Nc1c(Cl)nc(N)nc1Cl)C(F)(F)Cl. The highest BCUT2D eigenvalue weighted by atomic mass is 35.5. The number of halogens is 5. The molecule has 2 heterocycles. The number of nitrogens with one attached hydrogen (secondary N) is 2. The summed E-state index contributed by atoms with van der Waals surface area (Å²) in [6.07, 6.45) is -2.51. The molecule has 0 bridgehead atoms. The van der Waals surface area contributed by atoms with Gasteiger partial charge in [-0.2, -0.15) is 18.7 Å². The van der Waals surface area contributed by atoms with Crippen molar-refractivity contribution in [3.05, 3.63) is 32.4 Å². The summed E-state index contributed by atoms with van der Waals surface area (Å²) in [4.78, 5) is 33.0. The third kappa shape index (κ3) is 5.90. The first-order chi connectivity index (χ1) is 13.9. The lowest BCUT2D eigenvalue weighted by Crippen LogP contribution is -2.50. The molecule has 1 amide bonds. The number of nitrogen functional groups attached to an aromatic ring is 1. The largest absolute Gasteiger partial charge is 0.445 e. The number of amides is 1. The van der Waals surface area contributed by atoms with Gasteiger partial charge in [0.15, 0.2) is 22.3 Å². The number of alkyl halides is 3. The van der Waals surface area contributed by atoms with Crippen LogP contribution in [0.1, 0.15) is 5.82 Å². The van der Waals surface area contributed by atoms with Crippen molar-refractivity contribution in [1.82, 2.24) is 24.8 Å². The standard InChI is InChI=1S/C13H13Cl3F2N8O4/c1-5-20-4-6(26(28)29)25(5)2-3-30-12(27)24-10(13(16,17)18)21-7-8(14)22-11(19)23-9(7)15/h4,10,21H,2-3H2,1H3,(H,24,27)(H2,19,22,23). The van der Waals surface area contributed by atoms with Crippen molar-refractivity contribution in [2.75, 3.05) is 17.7 Å². The molecule has 0 aliphatic carbocycles. The summed E-state index contributed by atoms with van der Waals surface area (Å²) in [5.74, 6) is -0.331. The fraction of sp³-hybridized carbons (Fsp3) is 0.385. The van der Waals surface area contributed by atoms with Crippen molar-refractivity contribution in [2.45, 2.75) is 25.0 Å². The summed E-state index contributed by atoms with van der Waals surface area (Å²) in [5.41, 5.74) is 4.97. The lowest BCUT2D eigenvalue weighted by Gasteiger charge is -2.25. The Morgan fingerprint density at radius 3 is 2.57 bits per heavy atom. The van der Waals surface area contributed by atoms with Crippen LogP contribution in [0.25, 0.3) is 0 Å². The number of nitro groups is 1. The van der Waals surface area contributed by atoms with Gasteiger partial charge in [-0.1, -0.05) is 23.2 Å². The Morgan fingerprint density at radius 1 is 1.43 bits per heavy atom. The number of anilines is 2. The third-order valence-electron chi connectivity index (χ3n) is 3.49. The maximum Gasteiger partial charge on any atom is 0.409 e. The highest BCUT2D eigenvalue weighted by Crippen LogP contribution is 2.32. The lowest BCUT2D eigenvalue weighted by atomic mass is 10.4. The van der Waals surface area contributed by atoms with Crippen molar-refractivity contribution in [2.24, 2.45) is 0 Å². The smallest absolute Gasteiger partial charge is 0.409 e. The topological polar surface area (TPSA) is 163 Å². The van der Waals surface area contributed by atoms with Crippen molar-refractivity contribution >= 4 is 58.3 Å². The summed E-state index contributed by atoms with van der Waals surface area (Å²) < 4.78 is 33.4. The Balaban J connectivity index is 2.03. The molecule has 0 saturated heterocycles. The van der Waals surface area contributed by atoms with E-state index in [9.17, 15) is 23.7 Å². The van der Waals surface area contributed by atoms with E-state index in [1.54, 1.807) is 5.32 Å². The number of imidazole rings is 1. The zero-order chi connectivity index (χ0) is 22.6. The molecule has 12 nitrogen and oxygen atoms in total. The van der Waals surface area contributed by atoms with E-state index < -0.39 is 39.5 Å². The van der Waals surface area contributed by atoms with Gasteiger partial charge >= 0.3 is 17.3 Å². The molecule has 0 aliphatic rings. The fourth-order valence-corrected chi connectivity index (χ4v) is 2.77. The lowest BCUT2D eigenvalue weighted by molar-refractivity contribution is -0.392. The van der Waals surface area contributed by atoms with Crippen molar-refractivity contribution < 1.29 is 23.2 Å². The van der Waals surface area contributed by atoms with Crippen LogP contribution in [0.2, 0.25) is 10.3 Å². The number of nitrogens with zero attached hydrogens (tertiary/aromatic N) is 5. The van der Waals surface area contributed by atoms with Crippen LogP contribution in [0.3, 0.4) is 0 Å². The molecule has 17 heteroatoms. The second kappa shape index (κ2) is 9.40. The van der Waals surface area contributed by atoms with Gasteiger partial charge in [0.1, 0.15) is 25.0 Å². The molecular weight excluding hydrogens is 477 g/mol. The molecule has 0 aliphatic heterocycles. The molecule has 164 valence electrons. The molecule has 0 aromatic carbocycles. The molecule has 0 radical (unpaired) electrons. The van der Waals surface area contributed by atoms with E-state index in [4.69, 9.17) is 45.3 Å². The van der Waals surface area contributed by atoms with Gasteiger partial charge in [0.2, 0.25) is 5.95 Å². The number of aryl methyl sites for hydroxylation is 1. The zero-order valence-electron chi connectivity index (χ0n) is 14.9. The maximum absolute atomic E-state index is 13.7. The van der Waals surface area contributed by atoms with E-state index in [-0.39, 0.29) is 24.0 Å². The number of rotatable bonds is 8. The zero-order valence-corrected chi connectivity index (χ0v) is 17.2. The minimum atomic E-state index is -4.02. The van der Waals surface area contributed by atoms with Gasteiger partial charge in [-0.15, -0.1) is 0 Å². The number of nitrogens with two attached hydrogens (primary N) is 1. The van der Waals surface area contributed by atoms with Crippen LogP contribution in [0, 0.1) is 17.0 Å². The molecule has 4 N–H and O–H groups in total. The van der Waals surface area contributed by atoms with Gasteiger partial charge in [-0.25, -0.2) is 14.3 Å². The molecule has 2 rings (SSSR count). The minimum Gasteiger partial charge on any atom is -0.445 e. The number of hydrogen-bond donors (Lipinski definition) is 3. The van der Waals surface area contributed by atoms with Crippen LogP contribution in [-0.4, -0.2) is 48.7 Å². The van der Waals surface area contributed by atoms with Crippen LogP contribution >= 0.6 is 34.8 Å². The number of alkyl carbamates (subject to hydrolysis) is 1. The Morgan fingerprint density at radius 2 is 2.03 bits per heavy atom. The summed E-state index contributed by atoms with van der Waals surface area (Å²) in [5, 5.41) is 10.0. The predicted octanol–water partition coefficient (Wildman–Crippen LogP) is 2.77. The Kier molecular flexibility index (Phi) is 7.39. The number of carbonyl (C=O) groups excluding carboxylic acids is 1. The van der Waals surface area contributed by atoms with E-state index >= 15 is 0 Å². The molecule has 2 aromatic heterocycles. The van der Waals surface area contributed by atoms with E-state index in [2.05, 4.69) is 20.3 Å². The first-order valence-corrected chi connectivity index (χ1v) is 8.95. The Bertz CT molecular complexity index is 932. The number of ether oxygens (including phenoxy) is 1. The Labute approximate surface area is 181 Å². The van der Waals surface area contributed by atoms with Crippen LogP contribution in [0.15, 0.2) is 6.20 Å². The summed E-state index contributed by atoms with van der Waals surface area (Å²) >= 11 is 16.6. The second-order valence-corrected chi connectivity index (χ2v) is 6.73. The van der Waals surface area contributed by atoms with Crippen LogP contribution < -0.4 is 16.4 Å². The normalized spacial score (nSPS) is 12.3. The Hall–Kier alpha value is -2.71. The number of carbonyl (C=O) groups is 1. The number of hydrogen-bond acceptors (Lipinski definition) is 9. The van der Waals surface area contributed by atoms with Crippen molar-refractivity contribution in [1.29, 1.82) is 0 Å². The predicted molar refractivity (Wildman–Crippen MR) is 103 cm³/mol. The average molecular weight is 490 g/mol. The van der Waals surface area contributed by atoms with E-state index in [1.165, 1.54) is 11.5 Å². The van der Waals surface area contributed by atoms with E-state index in [0.717, 1.165) is 6.20 Å². The molecule has 2 aromatic rings. The fourth-order valence-electron chi connectivity index (χ4n) is 2.15. The molecule has 1 unspecified atom stereocenters. The van der Waals surface area contributed by atoms with E-state index in [1.807, 2.05) is 0 Å². The molecular formula is C13H13Cl3F2N8O4. The summed E-state index contributed by atoms with van der Waals surface area (Å²) in [7, 11) is 0. The van der Waals surface area contributed by atoms with Crippen LogP contribution in [-0.2, 0) is 11.3 Å². The first-order valence-electron chi connectivity index (χ1n) is 7.81. The van der Waals surface area contributed by atoms with Crippen molar-refractivity contribution in [3.63, 3.8) is 0 Å². The minimum absolute atomic E-state index is 0.144. The summed E-state index contributed by atoms with van der Waals surface area (Å²) in [6, 6.07) is 0. The molecule has 0 fully saturated rings. The first kappa shape index (κ1) is 23.6. The summed E-state index contributed by atoms with van der Waals surface area (Å²) in [6.45, 7) is 0.967.